The van der Waals surface area contributed by atoms with Crippen LogP contribution in [0, 0.1) is 0 Å². The summed E-state index contributed by atoms with van der Waals surface area (Å²) in [4.78, 5) is 0. The summed E-state index contributed by atoms with van der Waals surface area (Å²) in [5.41, 5.74) is 0. The minimum Gasteiger partial charge on any atom is -0.297 e. The van der Waals surface area contributed by atoms with Crippen molar-refractivity contribution in [2.45, 2.75) is 34.3 Å². The van der Waals surface area contributed by atoms with Crippen molar-refractivity contribution in [3.8, 4) is 0 Å². The van der Waals surface area contributed by atoms with Gasteiger partial charge in [0.15, 0.2) is 0 Å². The van der Waals surface area contributed by atoms with Crippen molar-refractivity contribution in [2.75, 3.05) is 16.0 Å². The van der Waals surface area contributed by atoms with Gasteiger partial charge in [0.2, 0.25) is 0 Å². The van der Waals surface area contributed by atoms with Crippen LogP contribution in [0.25, 0.3) is 0 Å². The Labute approximate surface area is 166 Å². The lowest BCUT2D eigenvalue weighted by atomic mass is 10.5. The van der Waals surface area contributed by atoms with Crippen LogP contribution in [0.4, 0.5) is 0 Å². The lowest BCUT2D eigenvalue weighted by Crippen LogP contribution is -2.12. The summed E-state index contributed by atoms with van der Waals surface area (Å²) >= 11 is 20.5. The molecule has 0 radical (unpaired) electrons. The second-order valence-corrected chi connectivity index (χ2v) is 9.73. The molecule has 0 N–H and O–H groups in total. The van der Waals surface area contributed by atoms with Gasteiger partial charge < -0.3 is 0 Å². The Hall–Kier alpha value is 3.19. The van der Waals surface area contributed by atoms with E-state index in [0.29, 0.717) is 0 Å². The first-order valence-electron chi connectivity index (χ1n) is 5.44. The Morgan fingerprint density at radius 1 is 0.632 bits per heavy atom. The lowest BCUT2D eigenvalue weighted by molar-refractivity contribution is 0.137. The van der Waals surface area contributed by atoms with Crippen molar-refractivity contribution in [3.63, 3.8) is 0 Å². The van der Waals surface area contributed by atoms with Gasteiger partial charge in [0, 0.05) is 16.0 Å². The van der Waals surface area contributed by atoms with Crippen molar-refractivity contribution in [2.24, 2.45) is 0 Å². The molecule has 0 aliphatic heterocycles. The van der Waals surface area contributed by atoms with Crippen LogP contribution in [0.15, 0.2) is 0 Å². The van der Waals surface area contributed by atoms with E-state index in [9.17, 15) is 0 Å². The van der Waals surface area contributed by atoms with E-state index in [1.807, 2.05) is 0 Å². The quantitative estimate of drug-likeness (QED) is 0.168. The standard InChI is InChI=1S/C9H15Br6O3P/c10-4-1-7(13)16-19(17-8(14)2-5-11)18-9(15)3-6-12/h7-9H,1-6H2. The summed E-state index contributed by atoms with van der Waals surface area (Å²) in [6.07, 6.45) is 2.51. The molecule has 0 aromatic carbocycles. The maximum absolute atomic E-state index is 5.74. The van der Waals surface area contributed by atoms with Gasteiger partial charge in [-0.25, -0.2) is 0 Å². The molecule has 0 spiro atoms. The van der Waals surface area contributed by atoms with Gasteiger partial charge in [0.25, 0.3) is 0 Å². The Balaban J connectivity index is 4.28. The maximum atomic E-state index is 5.74. The molecule has 0 fully saturated rings. The van der Waals surface area contributed by atoms with E-state index in [1.165, 1.54) is 0 Å². The predicted octanol–water partition coefficient (Wildman–Crippen LogP) is 6.78. The number of hydrogen-bond donors (Lipinski definition) is 0. The summed E-state index contributed by atoms with van der Waals surface area (Å²) in [5.74, 6) is 0. The zero-order valence-electron chi connectivity index (χ0n) is 9.91. The van der Waals surface area contributed by atoms with Crippen LogP contribution >= 0.6 is 104 Å². The predicted molar refractivity (Wildman–Crippen MR) is 104 cm³/mol. The molecule has 10 heteroatoms. The zero-order chi connectivity index (χ0) is 14.7. The first-order chi connectivity index (χ1) is 9.03. The number of hydrogen-bond acceptors (Lipinski definition) is 3. The van der Waals surface area contributed by atoms with Crippen molar-refractivity contribution in [1.29, 1.82) is 0 Å². The highest BCUT2D eigenvalue weighted by molar-refractivity contribution is 9.10. The van der Waals surface area contributed by atoms with Crippen LogP contribution < -0.4 is 0 Å². The Kier molecular flexibility index (Phi) is 17.2. The smallest absolute Gasteiger partial charge is 0.297 e. The van der Waals surface area contributed by atoms with E-state index in [0.717, 1.165) is 35.3 Å². The van der Waals surface area contributed by atoms with Crippen LogP contribution in [0.1, 0.15) is 19.3 Å². The van der Waals surface area contributed by atoms with Crippen LogP contribution in [0.2, 0.25) is 0 Å². The summed E-state index contributed by atoms with van der Waals surface area (Å²) in [5, 5.41) is 2.28. The summed E-state index contributed by atoms with van der Waals surface area (Å²) in [7, 11) is -1.42. The van der Waals surface area contributed by atoms with Crippen LogP contribution in [-0.2, 0) is 13.6 Å². The topological polar surface area (TPSA) is 27.7 Å². The molecule has 0 rings (SSSR count). The fourth-order valence-corrected chi connectivity index (χ4v) is 6.80. The molecule has 0 bridgehead atoms. The molecule has 0 aliphatic carbocycles. The summed E-state index contributed by atoms with van der Waals surface area (Å²) in [6, 6.07) is 0. The molecule has 0 amide bonds. The molecule has 0 saturated heterocycles. The van der Waals surface area contributed by atoms with Gasteiger partial charge in [-0.1, -0.05) is 95.6 Å². The van der Waals surface area contributed by atoms with E-state index >= 15 is 0 Å². The first kappa shape index (κ1) is 22.2. The van der Waals surface area contributed by atoms with Gasteiger partial charge in [-0.3, -0.25) is 13.6 Å². The van der Waals surface area contributed by atoms with Crippen LogP contribution in [0.5, 0.6) is 0 Å². The molecule has 0 aromatic rings. The summed E-state index contributed by atoms with van der Waals surface area (Å²) in [6.45, 7) is 0. The van der Waals surface area contributed by atoms with Gasteiger partial charge in [0.05, 0.1) is 0 Å². The molecule has 0 saturated carbocycles. The third-order valence-electron chi connectivity index (χ3n) is 1.61. The fourth-order valence-electron chi connectivity index (χ4n) is 0.770. The Morgan fingerprint density at radius 3 is 1.11 bits per heavy atom. The third kappa shape index (κ3) is 13.3. The highest BCUT2D eigenvalue weighted by Crippen LogP contribution is 2.47. The molecule has 3 atom stereocenters. The van der Waals surface area contributed by atoms with Gasteiger partial charge in [-0.15, -0.1) is 0 Å². The van der Waals surface area contributed by atoms with Gasteiger partial charge in [0.1, 0.15) is 15.0 Å². The average Bonchev–Trinajstić information content (AvgIpc) is 2.29. The molecule has 0 aromatic heterocycles. The monoisotopic (exact) mass is 676 g/mol. The molecule has 0 heterocycles. The SMILES string of the molecule is BrCCC(Br)OP(OC(Br)CCBr)OC(Br)CCBr. The molecule has 3 nitrogen and oxygen atoms in total. The third-order valence-corrected chi connectivity index (χ3v) is 7.06. The zero-order valence-corrected chi connectivity index (χ0v) is 20.3. The lowest BCUT2D eigenvalue weighted by Gasteiger charge is -2.23. The van der Waals surface area contributed by atoms with Gasteiger partial charge in [-0.2, -0.15) is 0 Å². The molecular weight excluding hydrogens is 666 g/mol. The van der Waals surface area contributed by atoms with Gasteiger partial charge in [-0.05, 0) is 19.3 Å². The maximum Gasteiger partial charge on any atom is 0.336 e. The number of halogens is 6. The minimum absolute atomic E-state index is 0.0923. The molecule has 19 heavy (non-hydrogen) atoms. The van der Waals surface area contributed by atoms with Crippen molar-refractivity contribution >= 4 is 104 Å². The van der Waals surface area contributed by atoms with E-state index in [2.05, 4.69) is 95.6 Å². The molecule has 0 aliphatic rings. The van der Waals surface area contributed by atoms with Crippen molar-refractivity contribution in [1.82, 2.24) is 0 Å². The highest BCUT2D eigenvalue weighted by atomic mass is 79.9. The first-order valence-corrected chi connectivity index (χ1v) is 12.6. The molecule has 3 unspecified atom stereocenters. The van der Waals surface area contributed by atoms with Crippen molar-refractivity contribution in [3.05, 3.63) is 0 Å². The minimum atomic E-state index is -1.42. The van der Waals surface area contributed by atoms with E-state index in [-0.39, 0.29) is 15.0 Å². The second-order valence-electron chi connectivity index (χ2n) is 3.20. The normalized spacial score (nSPS) is 18.0. The van der Waals surface area contributed by atoms with E-state index in [4.69, 9.17) is 13.6 Å². The van der Waals surface area contributed by atoms with Crippen molar-refractivity contribution < 1.29 is 13.6 Å². The summed E-state index contributed by atoms with van der Waals surface area (Å²) < 4.78 is 17.2. The number of alkyl halides is 6. The second kappa shape index (κ2) is 14.8. The molecule has 116 valence electrons. The van der Waals surface area contributed by atoms with E-state index in [1.54, 1.807) is 0 Å². The fraction of sp³-hybridized carbons (Fsp3) is 1.00. The van der Waals surface area contributed by atoms with Gasteiger partial charge >= 0.3 is 8.60 Å². The Bertz CT molecular complexity index is 183. The Morgan fingerprint density at radius 2 is 0.895 bits per heavy atom. The van der Waals surface area contributed by atoms with Crippen LogP contribution in [0.3, 0.4) is 0 Å². The highest BCUT2D eigenvalue weighted by Gasteiger charge is 2.24. The number of rotatable bonds is 12. The largest absolute Gasteiger partial charge is 0.336 e. The van der Waals surface area contributed by atoms with E-state index < -0.39 is 8.60 Å². The average molecular weight is 682 g/mol. The van der Waals surface area contributed by atoms with Crippen LogP contribution in [-0.4, -0.2) is 31.0 Å². The molecular formula is C9H15Br6O3P.